The fourth-order valence-corrected chi connectivity index (χ4v) is 4.53. The first-order valence-electron chi connectivity index (χ1n) is 9.73. The summed E-state index contributed by atoms with van der Waals surface area (Å²) in [7, 11) is 0. The summed E-state index contributed by atoms with van der Waals surface area (Å²) >= 11 is 3.68. The van der Waals surface area contributed by atoms with Crippen molar-refractivity contribution in [1.82, 2.24) is 19.9 Å². The molecule has 31 heavy (non-hydrogen) atoms. The Balaban J connectivity index is 0.00000231. The van der Waals surface area contributed by atoms with Gasteiger partial charge in [-0.15, -0.1) is 12.4 Å². The van der Waals surface area contributed by atoms with Crippen LogP contribution in [0.15, 0.2) is 65.8 Å². The lowest BCUT2D eigenvalue weighted by atomic mass is 10.0. The topological polar surface area (TPSA) is 86.8 Å². The fraction of sp³-hybridized carbons (Fsp3) is 0.182. The normalized spacial score (nSPS) is 15.6. The summed E-state index contributed by atoms with van der Waals surface area (Å²) in [5.41, 5.74) is 4.08. The average Bonchev–Trinajstić information content (AvgIpc) is 3.43. The molecule has 1 aliphatic rings. The van der Waals surface area contributed by atoms with Crippen LogP contribution in [-0.2, 0) is 0 Å². The number of pyridine rings is 3. The highest BCUT2D eigenvalue weighted by Gasteiger charge is 2.28. The van der Waals surface area contributed by atoms with E-state index in [1.54, 1.807) is 36.9 Å². The molecule has 1 atom stereocenters. The number of carbonyl (C=O) groups excluding carboxylic acids is 1. The lowest BCUT2D eigenvalue weighted by Crippen LogP contribution is -2.21. The quantitative estimate of drug-likeness (QED) is 0.422. The molecule has 0 saturated carbocycles. The van der Waals surface area contributed by atoms with Crippen LogP contribution in [0.4, 0.5) is 11.4 Å². The van der Waals surface area contributed by atoms with E-state index in [4.69, 9.17) is 0 Å². The van der Waals surface area contributed by atoms with Crippen molar-refractivity contribution in [3.8, 4) is 0 Å². The summed E-state index contributed by atoms with van der Waals surface area (Å²) in [5, 5.41) is 3.90. The van der Waals surface area contributed by atoms with Crippen LogP contribution in [0.5, 0.6) is 0 Å². The largest absolute Gasteiger partial charge is 0.369 e. The molecule has 4 aromatic heterocycles. The summed E-state index contributed by atoms with van der Waals surface area (Å²) in [5.74, 6) is 0.163. The fourth-order valence-electron chi connectivity index (χ4n) is 3.98. The third-order valence-electron chi connectivity index (χ3n) is 5.41. The standard InChI is InChI=1S/C22H19BrN6O.ClH/c23-16-11-26-21-19(18(12-27-21)28-22(30)14-4-3-7-24-10-14)20(16)29-9-6-15(13-29)17-5-1-2-8-25-17;/h1-5,7-8,10-12,15H,6,9,13H2,(H,26,27)(H,28,30);1H. The maximum Gasteiger partial charge on any atom is 0.257 e. The van der Waals surface area contributed by atoms with Gasteiger partial charge < -0.3 is 15.2 Å². The monoisotopic (exact) mass is 498 g/mol. The van der Waals surface area contributed by atoms with Crippen molar-refractivity contribution in [2.75, 3.05) is 23.3 Å². The van der Waals surface area contributed by atoms with Crippen LogP contribution in [-0.4, -0.2) is 38.9 Å². The van der Waals surface area contributed by atoms with E-state index < -0.39 is 0 Å². The van der Waals surface area contributed by atoms with Crippen LogP contribution in [0.3, 0.4) is 0 Å². The molecule has 1 fully saturated rings. The van der Waals surface area contributed by atoms with E-state index >= 15 is 0 Å². The molecule has 0 aromatic carbocycles. The number of anilines is 2. The number of aromatic amines is 1. The molecule has 1 amide bonds. The van der Waals surface area contributed by atoms with Gasteiger partial charge in [0.1, 0.15) is 5.65 Å². The minimum Gasteiger partial charge on any atom is -0.369 e. The second-order valence-electron chi connectivity index (χ2n) is 7.26. The predicted octanol–water partition coefficient (Wildman–Crippen LogP) is 4.78. The van der Waals surface area contributed by atoms with E-state index in [-0.39, 0.29) is 18.3 Å². The van der Waals surface area contributed by atoms with Crippen LogP contribution in [0.25, 0.3) is 11.0 Å². The summed E-state index contributed by atoms with van der Waals surface area (Å²) in [6.07, 6.45) is 9.65. The first-order chi connectivity index (χ1) is 14.7. The Morgan fingerprint density at radius 3 is 2.84 bits per heavy atom. The smallest absolute Gasteiger partial charge is 0.257 e. The second kappa shape index (κ2) is 9.03. The summed E-state index contributed by atoms with van der Waals surface area (Å²) in [6, 6.07) is 9.54. The molecule has 7 nitrogen and oxygen atoms in total. The summed E-state index contributed by atoms with van der Waals surface area (Å²) in [4.78, 5) is 31.2. The Morgan fingerprint density at radius 1 is 1.16 bits per heavy atom. The third kappa shape index (κ3) is 4.13. The zero-order valence-corrected chi connectivity index (χ0v) is 18.9. The number of amides is 1. The van der Waals surface area contributed by atoms with E-state index in [0.29, 0.717) is 17.2 Å². The molecule has 9 heteroatoms. The van der Waals surface area contributed by atoms with E-state index in [2.05, 4.69) is 52.1 Å². The number of halogens is 2. The second-order valence-corrected chi connectivity index (χ2v) is 8.12. The van der Waals surface area contributed by atoms with Crippen LogP contribution in [0.2, 0.25) is 0 Å². The van der Waals surface area contributed by atoms with Gasteiger partial charge in [-0.25, -0.2) is 4.98 Å². The Bertz CT molecular complexity index is 1200. The van der Waals surface area contributed by atoms with Crippen molar-refractivity contribution >= 4 is 56.7 Å². The first kappa shape index (κ1) is 21.3. The number of carbonyl (C=O) groups is 1. The van der Waals surface area contributed by atoms with E-state index in [0.717, 1.165) is 46.4 Å². The van der Waals surface area contributed by atoms with Crippen molar-refractivity contribution in [3.63, 3.8) is 0 Å². The van der Waals surface area contributed by atoms with Crippen LogP contribution in [0, 0.1) is 0 Å². The number of hydrogen-bond acceptors (Lipinski definition) is 5. The number of nitrogens with zero attached hydrogens (tertiary/aromatic N) is 4. The van der Waals surface area contributed by atoms with Gasteiger partial charge in [-0.05, 0) is 46.6 Å². The van der Waals surface area contributed by atoms with Gasteiger partial charge in [-0.1, -0.05) is 6.07 Å². The number of hydrogen-bond donors (Lipinski definition) is 2. The number of rotatable bonds is 4. The Labute approximate surface area is 193 Å². The molecule has 0 radical (unpaired) electrons. The van der Waals surface area contributed by atoms with Crippen molar-refractivity contribution in [2.24, 2.45) is 0 Å². The van der Waals surface area contributed by atoms with E-state index in [1.807, 2.05) is 18.3 Å². The number of aromatic nitrogens is 4. The SMILES string of the molecule is Cl.O=C(Nc1c[nH]c2ncc(Br)c(N3CCC(c4ccccn4)C3)c12)c1cccnc1. The number of fused-ring (bicyclic) bond motifs is 1. The zero-order valence-electron chi connectivity index (χ0n) is 16.5. The maximum atomic E-state index is 12.7. The molecule has 0 aliphatic carbocycles. The summed E-state index contributed by atoms with van der Waals surface area (Å²) in [6.45, 7) is 1.76. The van der Waals surface area contributed by atoms with Crippen molar-refractivity contribution in [1.29, 1.82) is 0 Å². The molecule has 158 valence electrons. The molecule has 0 bridgehead atoms. The molecule has 0 spiro atoms. The highest BCUT2D eigenvalue weighted by atomic mass is 79.9. The lowest BCUT2D eigenvalue weighted by molar-refractivity contribution is 0.102. The Morgan fingerprint density at radius 2 is 2.06 bits per heavy atom. The van der Waals surface area contributed by atoms with Gasteiger partial charge in [-0.2, -0.15) is 0 Å². The minimum absolute atomic E-state index is 0. The van der Waals surface area contributed by atoms with Gasteiger partial charge in [0.05, 0.1) is 26.8 Å². The average molecular weight is 500 g/mol. The number of nitrogens with one attached hydrogen (secondary N) is 2. The minimum atomic E-state index is -0.206. The predicted molar refractivity (Wildman–Crippen MR) is 127 cm³/mol. The van der Waals surface area contributed by atoms with E-state index in [9.17, 15) is 4.79 Å². The van der Waals surface area contributed by atoms with Crippen LogP contribution in [0.1, 0.15) is 28.4 Å². The first-order valence-corrected chi connectivity index (χ1v) is 10.5. The maximum absolute atomic E-state index is 12.7. The zero-order chi connectivity index (χ0) is 20.5. The molecular weight excluding hydrogens is 480 g/mol. The highest BCUT2D eigenvalue weighted by molar-refractivity contribution is 9.10. The lowest BCUT2D eigenvalue weighted by Gasteiger charge is -2.22. The van der Waals surface area contributed by atoms with Crippen LogP contribution < -0.4 is 10.2 Å². The van der Waals surface area contributed by atoms with Crippen molar-refractivity contribution in [3.05, 3.63) is 77.0 Å². The van der Waals surface area contributed by atoms with Crippen LogP contribution >= 0.6 is 28.3 Å². The molecule has 5 rings (SSSR count). The van der Waals surface area contributed by atoms with Crippen molar-refractivity contribution < 1.29 is 4.79 Å². The highest BCUT2D eigenvalue weighted by Crippen LogP contribution is 2.41. The van der Waals surface area contributed by atoms with Gasteiger partial charge >= 0.3 is 0 Å². The molecule has 2 N–H and O–H groups in total. The van der Waals surface area contributed by atoms with Gasteiger partial charge in [0.2, 0.25) is 0 Å². The van der Waals surface area contributed by atoms with Gasteiger partial charge in [0, 0.05) is 55.7 Å². The third-order valence-corrected chi connectivity index (χ3v) is 5.99. The van der Waals surface area contributed by atoms with Crippen molar-refractivity contribution in [2.45, 2.75) is 12.3 Å². The Kier molecular flexibility index (Phi) is 6.20. The van der Waals surface area contributed by atoms with Gasteiger partial charge in [0.25, 0.3) is 5.91 Å². The molecule has 1 unspecified atom stereocenters. The molecule has 1 saturated heterocycles. The molecular formula is C22H20BrClN6O. The summed E-state index contributed by atoms with van der Waals surface area (Å²) < 4.78 is 0.896. The molecule has 5 heterocycles. The van der Waals surface area contributed by atoms with Gasteiger partial charge in [0.15, 0.2) is 0 Å². The van der Waals surface area contributed by atoms with Gasteiger partial charge in [-0.3, -0.25) is 14.8 Å². The number of H-pyrrole nitrogens is 1. The van der Waals surface area contributed by atoms with E-state index in [1.165, 1.54) is 0 Å². The Hall–Kier alpha value is -2.97. The molecule has 4 aromatic rings. The molecule has 1 aliphatic heterocycles.